The Morgan fingerprint density at radius 2 is 2.00 bits per heavy atom. The molecule has 0 aromatic carbocycles. The molecule has 0 aliphatic carbocycles. The summed E-state index contributed by atoms with van der Waals surface area (Å²) in [6, 6.07) is -0.633. The molecule has 0 aromatic rings. The largest absolute Gasteiger partial charge is 0.391 e. The lowest BCUT2D eigenvalue weighted by Gasteiger charge is -2.34. The van der Waals surface area contributed by atoms with E-state index in [1.165, 1.54) is 11.8 Å². The Morgan fingerprint density at radius 1 is 1.44 bits per heavy atom. The number of carbonyl (C=O) groups is 2. The third-order valence-electron chi connectivity index (χ3n) is 3.06. The maximum atomic E-state index is 12.4. The predicted octanol–water partition coefficient (Wildman–Crippen LogP) is -0.585. The SMILES string of the molecule is CC(=O)NC(C(=O)N1CC(O)CC1N)C(C)(C)C. The second kappa shape index (κ2) is 5.24. The molecule has 6 nitrogen and oxygen atoms in total. The van der Waals surface area contributed by atoms with Gasteiger partial charge in [0.25, 0.3) is 0 Å². The van der Waals surface area contributed by atoms with Gasteiger partial charge in [-0.15, -0.1) is 0 Å². The smallest absolute Gasteiger partial charge is 0.247 e. The zero-order valence-corrected chi connectivity index (χ0v) is 11.4. The van der Waals surface area contributed by atoms with Crippen LogP contribution in [0.2, 0.25) is 0 Å². The summed E-state index contributed by atoms with van der Waals surface area (Å²) in [5, 5.41) is 12.2. The lowest BCUT2D eigenvalue weighted by Crippen LogP contribution is -2.56. The van der Waals surface area contributed by atoms with Crippen LogP contribution in [0.3, 0.4) is 0 Å². The second-order valence-electron chi connectivity index (χ2n) is 5.95. The average molecular weight is 257 g/mol. The van der Waals surface area contributed by atoms with Crippen molar-refractivity contribution in [2.45, 2.75) is 52.4 Å². The molecule has 3 atom stereocenters. The van der Waals surface area contributed by atoms with Gasteiger partial charge in [0.2, 0.25) is 11.8 Å². The fraction of sp³-hybridized carbons (Fsp3) is 0.833. The number of nitrogens with zero attached hydrogens (tertiary/aromatic N) is 1. The molecule has 4 N–H and O–H groups in total. The number of aliphatic hydroxyl groups is 1. The minimum absolute atomic E-state index is 0.228. The number of hydrogen-bond donors (Lipinski definition) is 3. The van der Waals surface area contributed by atoms with Gasteiger partial charge in [0, 0.05) is 19.9 Å². The van der Waals surface area contributed by atoms with E-state index in [1.807, 2.05) is 20.8 Å². The summed E-state index contributed by atoms with van der Waals surface area (Å²) in [6.45, 7) is 7.24. The normalized spacial score (nSPS) is 26.0. The number of hydrogen-bond acceptors (Lipinski definition) is 4. The molecule has 6 heteroatoms. The minimum Gasteiger partial charge on any atom is -0.391 e. The minimum atomic E-state index is -0.633. The molecular formula is C12H23N3O3. The molecule has 0 bridgehead atoms. The lowest BCUT2D eigenvalue weighted by atomic mass is 9.85. The van der Waals surface area contributed by atoms with E-state index >= 15 is 0 Å². The van der Waals surface area contributed by atoms with Gasteiger partial charge in [0.15, 0.2) is 0 Å². The summed E-state index contributed by atoms with van der Waals surface area (Å²) in [5.41, 5.74) is 5.41. The summed E-state index contributed by atoms with van der Waals surface area (Å²) >= 11 is 0. The van der Waals surface area contributed by atoms with Gasteiger partial charge < -0.3 is 21.1 Å². The van der Waals surface area contributed by atoms with Crippen molar-refractivity contribution < 1.29 is 14.7 Å². The maximum Gasteiger partial charge on any atom is 0.247 e. The summed E-state index contributed by atoms with van der Waals surface area (Å²) < 4.78 is 0. The molecule has 1 saturated heterocycles. The van der Waals surface area contributed by atoms with Gasteiger partial charge in [-0.25, -0.2) is 0 Å². The first-order valence-corrected chi connectivity index (χ1v) is 6.14. The molecule has 104 valence electrons. The van der Waals surface area contributed by atoms with Crippen LogP contribution in [0.5, 0.6) is 0 Å². The Morgan fingerprint density at radius 3 is 2.33 bits per heavy atom. The van der Waals surface area contributed by atoms with Gasteiger partial charge in [-0.05, 0) is 5.41 Å². The van der Waals surface area contributed by atoms with Crippen molar-refractivity contribution in [3.05, 3.63) is 0 Å². The summed E-state index contributed by atoms with van der Waals surface area (Å²) in [7, 11) is 0. The first kappa shape index (κ1) is 14.9. The number of β-amino-alcohol motifs (C(OH)–C–C–N with tert-alkyl or cyclic N) is 1. The fourth-order valence-corrected chi connectivity index (χ4v) is 2.11. The van der Waals surface area contributed by atoms with E-state index in [0.29, 0.717) is 6.42 Å². The van der Waals surface area contributed by atoms with Crippen molar-refractivity contribution in [3.63, 3.8) is 0 Å². The zero-order chi connectivity index (χ0) is 14.1. The molecule has 1 aliphatic heterocycles. The van der Waals surface area contributed by atoms with Crippen LogP contribution >= 0.6 is 0 Å². The van der Waals surface area contributed by atoms with E-state index in [1.54, 1.807) is 0 Å². The molecule has 1 fully saturated rings. The first-order chi connectivity index (χ1) is 8.12. The highest BCUT2D eigenvalue weighted by molar-refractivity contribution is 5.88. The number of likely N-dealkylation sites (tertiary alicyclic amines) is 1. The molecular weight excluding hydrogens is 234 g/mol. The highest BCUT2D eigenvalue weighted by atomic mass is 16.3. The van der Waals surface area contributed by atoms with Gasteiger partial charge >= 0.3 is 0 Å². The quantitative estimate of drug-likeness (QED) is 0.616. The molecule has 3 unspecified atom stereocenters. The number of carbonyl (C=O) groups excluding carboxylic acids is 2. The molecule has 0 aromatic heterocycles. The van der Waals surface area contributed by atoms with Gasteiger partial charge in [-0.2, -0.15) is 0 Å². The monoisotopic (exact) mass is 257 g/mol. The van der Waals surface area contributed by atoms with Crippen molar-refractivity contribution >= 4 is 11.8 Å². The van der Waals surface area contributed by atoms with Crippen LogP contribution in [0, 0.1) is 5.41 Å². The Hall–Kier alpha value is -1.14. The highest BCUT2D eigenvalue weighted by Crippen LogP contribution is 2.24. The van der Waals surface area contributed by atoms with Crippen LogP contribution in [-0.2, 0) is 9.59 Å². The van der Waals surface area contributed by atoms with Gasteiger partial charge in [-0.3, -0.25) is 9.59 Å². The van der Waals surface area contributed by atoms with E-state index in [0.717, 1.165) is 0 Å². The molecule has 0 saturated carbocycles. The Balaban J connectivity index is 2.86. The number of nitrogens with one attached hydrogen (secondary N) is 1. The van der Waals surface area contributed by atoms with E-state index < -0.39 is 23.7 Å². The third kappa shape index (κ3) is 3.43. The number of amides is 2. The molecule has 1 heterocycles. The summed E-state index contributed by atoms with van der Waals surface area (Å²) in [6.07, 6.45) is -0.684. The van der Waals surface area contributed by atoms with Crippen molar-refractivity contribution in [1.29, 1.82) is 0 Å². The van der Waals surface area contributed by atoms with Gasteiger partial charge in [0.05, 0.1) is 12.3 Å². The van der Waals surface area contributed by atoms with Crippen molar-refractivity contribution in [1.82, 2.24) is 10.2 Å². The topological polar surface area (TPSA) is 95.7 Å². The Labute approximate surface area is 108 Å². The van der Waals surface area contributed by atoms with Crippen LogP contribution in [0.1, 0.15) is 34.1 Å². The molecule has 0 spiro atoms. The maximum absolute atomic E-state index is 12.4. The zero-order valence-electron chi connectivity index (χ0n) is 11.4. The highest BCUT2D eigenvalue weighted by Gasteiger charge is 2.40. The average Bonchev–Trinajstić information content (AvgIpc) is 2.51. The molecule has 1 aliphatic rings. The molecule has 2 amide bonds. The van der Waals surface area contributed by atoms with E-state index in [2.05, 4.69) is 5.32 Å². The fourth-order valence-electron chi connectivity index (χ4n) is 2.11. The molecule has 18 heavy (non-hydrogen) atoms. The third-order valence-corrected chi connectivity index (χ3v) is 3.06. The summed E-state index contributed by atoms with van der Waals surface area (Å²) in [5.74, 6) is -0.488. The van der Waals surface area contributed by atoms with Crippen LogP contribution in [0.25, 0.3) is 0 Å². The summed E-state index contributed by atoms with van der Waals surface area (Å²) in [4.78, 5) is 25.0. The Bertz CT molecular complexity index is 338. The second-order valence-corrected chi connectivity index (χ2v) is 5.95. The lowest BCUT2D eigenvalue weighted by molar-refractivity contribution is -0.140. The molecule has 0 radical (unpaired) electrons. The number of nitrogens with two attached hydrogens (primary N) is 1. The van der Waals surface area contributed by atoms with E-state index in [4.69, 9.17) is 5.73 Å². The van der Waals surface area contributed by atoms with E-state index in [9.17, 15) is 14.7 Å². The van der Waals surface area contributed by atoms with Gasteiger partial charge in [-0.1, -0.05) is 20.8 Å². The Kier molecular flexibility index (Phi) is 4.34. The number of aliphatic hydroxyl groups excluding tert-OH is 1. The first-order valence-electron chi connectivity index (χ1n) is 6.14. The standard InChI is InChI=1S/C12H23N3O3/c1-7(16)14-10(12(2,3)4)11(18)15-6-8(17)5-9(15)13/h8-10,17H,5-6,13H2,1-4H3,(H,14,16). The van der Waals surface area contributed by atoms with Crippen molar-refractivity contribution in [2.75, 3.05) is 6.54 Å². The van der Waals surface area contributed by atoms with Crippen molar-refractivity contribution in [3.8, 4) is 0 Å². The molecule has 1 rings (SSSR count). The van der Waals surface area contributed by atoms with E-state index in [-0.39, 0.29) is 18.4 Å². The van der Waals surface area contributed by atoms with Gasteiger partial charge in [0.1, 0.15) is 6.04 Å². The van der Waals surface area contributed by atoms with Crippen molar-refractivity contribution in [2.24, 2.45) is 11.1 Å². The van der Waals surface area contributed by atoms with Crippen LogP contribution in [-0.4, -0.2) is 46.7 Å². The van der Waals surface area contributed by atoms with Crippen LogP contribution < -0.4 is 11.1 Å². The van der Waals surface area contributed by atoms with Crippen LogP contribution in [0.4, 0.5) is 0 Å². The number of rotatable bonds is 2. The predicted molar refractivity (Wildman–Crippen MR) is 67.4 cm³/mol. The van der Waals surface area contributed by atoms with Crippen LogP contribution in [0.15, 0.2) is 0 Å².